The van der Waals surface area contributed by atoms with Crippen LogP contribution in [0.2, 0.25) is 0 Å². The Morgan fingerprint density at radius 3 is 2.73 bits per heavy atom. The third kappa shape index (κ3) is 3.22. The molecule has 0 bridgehead atoms. The van der Waals surface area contributed by atoms with Crippen molar-refractivity contribution in [2.24, 2.45) is 5.92 Å². The van der Waals surface area contributed by atoms with Gasteiger partial charge in [-0.1, -0.05) is 25.1 Å². The molecule has 1 aliphatic rings. The molecule has 2 N–H and O–H groups in total. The van der Waals surface area contributed by atoms with Crippen LogP contribution >= 0.6 is 0 Å². The lowest BCUT2D eigenvalue weighted by molar-refractivity contribution is 0.0937. The first-order valence-corrected chi connectivity index (χ1v) is 7.73. The van der Waals surface area contributed by atoms with Crippen LogP contribution in [0.15, 0.2) is 60.6 Å². The molecule has 0 saturated carbocycles. The average molecular weight is 295 g/mol. The number of carbonyl (C=O) groups excluding carboxylic acids is 1. The van der Waals surface area contributed by atoms with Gasteiger partial charge in [0, 0.05) is 18.1 Å². The summed E-state index contributed by atoms with van der Waals surface area (Å²) in [6.45, 7) is 2.20. The van der Waals surface area contributed by atoms with Crippen molar-refractivity contribution in [2.75, 3.05) is 0 Å². The third-order valence-electron chi connectivity index (χ3n) is 3.96. The van der Waals surface area contributed by atoms with E-state index in [9.17, 15) is 4.79 Å². The number of aromatic nitrogens is 1. The fourth-order valence-corrected chi connectivity index (χ4v) is 2.82. The van der Waals surface area contributed by atoms with E-state index in [1.807, 2.05) is 53.4 Å². The van der Waals surface area contributed by atoms with Gasteiger partial charge in [-0.2, -0.15) is 0 Å². The number of hydrogen-bond acceptors (Lipinski definition) is 2. The van der Waals surface area contributed by atoms with Gasteiger partial charge in [0.1, 0.15) is 0 Å². The van der Waals surface area contributed by atoms with Crippen molar-refractivity contribution in [3.8, 4) is 5.69 Å². The van der Waals surface area contributed by atoms with Crippen LogP contribution in [-0.4, -0.2) is 10.5 Å². The van der Waals surface area contributed by atoms with Gasteiger partial charge in [-0.3, -0.25) is 10.2 Å². The summed E-state index contributed by atoms with van der Waals surface area (Å²) in [4.78, 5) is 12.5. The molecule has 0 spiro atoms. The van der Waals surface area contributed by atoms with E-state index in [0.29, 0.717) is 11.5 Å². The Hall–Kier alpha value is -2.49. The smallest absolute Gasteiger partial charge is 0.271 e. The molecule has 1 amide bonds. The van der Waals surface area contributed by atoms with Gasteiger partial charge in [-0.25, -0.2) is 0 Å². The van der Waals surface area contributed by atoms with Crippen LogP contribution in [0.3, 0.4) is 0 Å². The summed E-state index contributed by atoms with van der Waals surface area (Å²) in [5, 5.41) is 0. The normalized spacial score (nSPS) is 17.7. The Bertz CT molecular complexity index is 673. The minimum absolute atomic E-state index is 0.122. The number of amides is 1. The van der Waals surface area contributed by atoms with Gasteiger partial charge in [0.2, 0.25) is 0 Å². The Labute approximate surface area is 130 Å². The number of allylic oxidation sites excluding steroid dienone is 2. The molecule has 0 radical (unpaired) electrons. The molecule has 0 aliphatic heterocycles. The Morgan fingerprint density at radius 2 is 1.95 bits per heavy atom. The highest BCUT2D eigenvalue weighted by molar-refractivity contribution is 5.97. The molecule has 3 rings (SSSR count). The summed E-state index contributed by atoms with van der Waals surface area (Å²) in [5.74, 6) is 0.448. The predicted octanol–water partition coefficient (Wildman–Crippen LogP) is 3.42. The molecule has 4 heteroatoms. The van der Waals surface area contributed by atoms with Gasteiger partial charge in [0.25, 0.3) is 5.91 Å². The van der Waals surface area contributed by atoms with E-state index in [1.54, 1.807) is 0 Å². The average Bonchev–Trinajstić information content (AvgIpc) is 3.07. The summed E-state index contributed by atoms with van der Waals surface area (Å²) >= 11 is 0. The van der Waals surface area contributed by atoms with Gasteiger partial charge in [-0.05, 0) is 49.4 Å². The Morgan fingerprint density at radius 1 is 1.18 bits per heavy atom. The number of para-hydroxylation sites is 1. The molecule has 114 valence electrons. The highest BCUT2D eigenvalue weighted by Gasteiger charge is 2.13. The van der Waals surface area contributed by atoms with E-state index >= 15 is 0 Å². The van der Waals surface area contributed by atoms with Gasteiger partial charge in [0.15, 0.2) is 0 Å². The molecular formula is C18H21N3O. The molecule has 0 fully saturated rings. The van der Waals surface area contributed by atoms with E-state index in [2.05, 4.69) is 23.9 Å². The number of nitrogens with one attached hydrogen (secondary N) is 2. The lowest BCUT2D eigenvalue weighted by Crippen LogP contribution is -2.38. The Kier molecular flexibility index (Phi) is 4.28. The fourth-order valence-electron chi connectivity index (χ4n) is 2.82. The molecule has 1 aliphatic carbocycles. The molecular weight excluding hydrogens is 274 g/mol. The summed E-state index contributed by atoms with van der Waals surface area (Å²) in [6.07, 6.45) is 9.44. The zero-order valence-corrected chi connectivity index (χ0v) is 12.8. The minimum Gasteiger partial charge on any atom is -0.323 e. The lowest BCUT2D eigenvalue weighted by Gasteiger charge is -2.20. The highest BCUT2D eigenvalue weighted by atomic mass is 16.2. The van der Waals surface area contributed by atoms with Crippen molar-refractivity contribution < 1.29 is 4.79 Å². The van der Waals surface area contributed by atoms with Crippen molar-refractivity contribution in [1.29, 1.82) is 0 Å². The van der Waals surface area contributed by atoms with Crippen LogP contribution in [0.25, 0.3) is 5.69 Å². The van der Waals surface area contributed by atoms with Gasteiger partial charge >= 0.3 is 0 Å². The van der Waals surface area contributed by atoms with Crippen molar-refractivity contribution in [3.05, 3.63) is 66.1 Å². The van der Waals surface area contributed by atoms with E-state index < -0.39 is 0 Å². The zero-order valence-electron chi connectivity index (χ0n) is 12.8. The molecule has 2 aromatic rings. The second-order valence-corrected chi connectivity index (χ2v) is 5.75. The maximum absolute atomic E-state index is 12.5. The number of hydrazine groups is 1. The zero-order chi connectivity index (χ0) is 15.4. The minimum atomic E-state index is -0.122. The molecule has 1 heterocycles. The number of rotatable bonds is 4. The molecule has 1 aromatic heterocycles. The quantitative estimate of drug-likeness (QED) is 0.849. The van der Waals surface area contributed by atoms with Crippen LogP contribution in [0.5, 0.6) is 0 Å². The maximum Gasteiger partial charge on any atom is 0.271 e. The van der Waals surface area contributed by atoms with Crippen LogP contribution in [0.1, 0.15) is 36.5 Å². The van der Waals surface area contributed by atoms with Gasteiger partial charge < -0.3 is 9.99 Å². The van der Waals surface area contributed by atoms with Crippen LogP contribution < -0.4 is 10.9 Å². The molecule has 1 aromatic carbocycles. The molecule has 4 nitrogen and oxygen atoms in total. The van der Waals surface area contributed by atoms with E-state index in [-0.39, 0.29) is 5.91 Å². The van der Waals surface area contributed by atoms with E-state index in [4.69, 9.17) is 0 Å². The maximum atomic E-state index is 12.5. The molecule has 1 atom stereocenters. The summed E-state index contributed by atoms with van der Waals surface area (Å²) in [6, 6.07) is 11.5. The van der Waals surface area contributed by atoms with Crippen molar-refractivity contribution in [2.45, 2.75) is 26.2 Å². The van der Waals surface area contributed by atoms with Crippen LogP contribution in [0.4, 0.5) is 0 Å². The van der Waals surface area contributed by atoms with Crippen molar-refractivity contribution in [1.82, 2.24) is 15.4 Å². The number of hydrogen-bond donors (Lipinski definition) is 2. The summed E-state index contributed by atoms with van der Waals surface area (Å²) in [7, 11) is 0. The molecule has 0 unspecified atom stereocenters. The number of benzene rings is 1. The fraction of sp³-hybridized carbons (Fsp3) is 0.278. The first-order chi connectivity index (χ1) is 10.7. The predicted molar refractivity (Wildman–Crippen MR) is 87.5 cm³/mol. The second kappa shape index (κ2) is 6.52. The third-order valence-corrected chi connectivity index (χ3v) is 3.96. The number of nitrogens with zero attached hydrogens (tertiary/aromatic N) is 1. The topological polar surface area (TPSA) is 46.1 Å². The standard InChI is InChI=1S/C18H21N3O/c1-14-7-6-8-15(13-14)19-20-18(22)16-9-2-3-10-17(16)21-11-4-5-12-21/h2-5,9-14,19H,6-8H2,1H3,(H,20,22)/t14-/m0/s1. The first-order valence-electron chi connectivity index (χ1n) is 7.73. The van der Waals surface area contributed by atoms with Crippen molar-refractivity contribution >= 4 is 5.91 Å². The monoisotopic (exact) mass is 295 g/mol. The van der Waals surface area contributed by atoms with E-state index in [0.717, 1.165) is 24.2 Å². The van der Waals surface area contributed by atoms with Gasteiger partial charge in [0.05, 0.1) is 11.3 Å². The molecule has 22 heavy (non-hydrogen) atoms. The largest absolute Gasteiger partial charge is 0.323 e. The first kappa shape index (κ1) is 14.4. The second-order valence-electron chi connectivity index (χ2n) is 5.75. The number of carbonyl (C=O) groups is 1. The summed E-state index contributed by atoms with van der Waals surface area (Å²) < 4.78 is 1.94. The van der Waals surface area contributed by atoms with Crippen molar-refractivity contribution in [3.63, 3.8) is 0 Å². The highest BCUT2D eigenvalue weighted by Crippen LogP contribution is 2.20. The van der Waals surface area contributed by atoms with Gasteiger partial charge in [-0.15, -0.1) is 0 Å². The SMILES string of the molecule is C[C@@H]1C=C(NNC(=O)c2ccccc2-n2cccc2)CCC1. The van der Waals surface area contributed by atoms with Crippen LogP contribution in [-0.2, 0) is 0 Å². The lowest BCUT2D eigenvalue weighted by atomic mass is 9.96. The molecule has 0 saturated heterocycles. The van der Waals surface area contributed by atoms with Crippen LogP contribution in [0, 0.1) is 5.92 Å². The van der Waals surface area contributed by atoms with E-state index in [1.165, 1.54) is 6.42 Å². The Balaban J connectivity index is 1.73. The summed E-state index contributed by atoms with van der Waals surface area (Å²) in [5.41, 5.74) is 8.52.